The zero-order valence-electron chi connectivity index (χ0n) is 32.3. The molecule has 2 amide bonds. The Morgan fingerprint density at radius 3 is 2.65 bits per heavy atom. The number of aliphatic hydroxyl groups is 2. The van der Waals surface area contributed by atoms with Gasteiger partial charge in [-0.3, -0.25) is 14.4 Å². The second-order valence-electron chi connectivity index (χ2n) is 15.0. The van der Waals surface area contributed by atoms with Gasteiger partial charge in [0.25, 0.3) is 11.8 Å². The molecule has 3 heterocycles. The van der Waals surface area contributed by atoms with E-state index in [0.29, 0.717) is 103 Å². The summed E-state index contributed by atoms with van der Waals surface area (Å²) >= 11 is 0. The van der Waals surface area contributed by atoms with Crippen molar-refractivity contribution in [2.24, 2.45) is 11.8 Å². The molecule has 0 spiro atoms. The molecule has 0 saturated heterocycles. The lowest BCUT2D eigenvalue weighted by Crippen LogP contribution is -2.35. The molecule has 1 fully saturated rings. The van der Waals surface area contributed by atoms with E-state index >= 15 is 0 Å². The van der Waals surface area contributed by atoms with Crippen LogP contribution in [-0.4, -0.2) is 82.4 Å². The van der Waals surface area contributed by atoms with Crippen LogP contribution in [0.4, 0.5) is 5.69 Å². The summed E-state index contributed by atoms with van der Waals surface area (Å²) in [5, 5.41) is 28.6. The summed E-state index contributed by atoms with van der Waals surface area (Å²) < 4.78 is 12.6. The van der Waals surface area contributed by atoms with Gasteiger partial charge in [-0.05, 0) is 101 Å². The van der Waals surface area contributed by atoms with Gasteiger partial charge in [-0.2, -0.15) is 0 Å². The van der Waals surface area contributed by atoms with E-state index in [1.54, 1.807) is 24.3 Å². The van der Waals surface area contributed by atoms with Crippen molar-refractivity contribution in [2.45, 2.75) is 96.9 Å². The summed E-state index contributed by atoms with van der Waals surface area (Å²) in [6.45, 7) is 8.87. The van der Waals surface area contributed by atoms with Gasteiger partial charge in [0, 0.05) is 48.8 Å². The van der Waals surface area contributed by atoms with Crippen LogP contribution in [-0.2, 0) is 16.0 Å². The molecule has 2 aliphatic heterocycles. The summed E-state index contributed by atoms with van der Waals surface area (Å²) in [7, 11) is 0. The maximum absolute atomic E-state index is 14.0. The van der Waals surface area contributed by atoms with Crippen LogP contribution in [0.3, 0.4) is 0 Å². The molecule has 0 radical (unpaired) electrons. The first-order valence-electron chi connectivity index (χ1n) is 20.0. The van der Waals surface area contributed by atoms with Crippen molar-refractivity contribution in [3.8, 4) is 11.5 Å². The fourth-order valence-electron chi connectivity index (χ4n) is 8.19. The minimum Gasteiger partial charge on any atom is -0.487 e. The van der Waals surface area contributed by atoms with E-state index < -0.39 is 18.3 Å². The summed E-state index contributed by atoms with van der Waals surface area (Å²) in [5.74, 6) is -0.582. The minimum atomic E-state index is -0.673. The lowest BCUT2D eigenvalue weighted by molar-refractivity contribution is -0.134. The molecule has 1 saturated carbocycles. The van der Waals surface area contributed by atoms with Crippen LogP contribution in [0, 0.1) is 18.8 Å². The number of aryl methyl sites for hydroxylation is 2. The van der Waals surface area contributed by atoms with Crippen molar-refractivity contribution in [3.05, 3.63) is 88.8 Å². The number of hydrogen-bond acceptors (Lipinski definition) is 8. The van der Waals surface area contributed by atoms with Crippen molar-refractivity contribution in [1.29, 1.82) is 0 Å². The number of nitrogens with one attached hydrogen (secondary N) is 3. The maximum Gasteiger partial charge on any atom is 0.311 e. The molecule has 3 aliphatic rings. The molecule has 2 aromatic carbocycles. The quantitative estimate of drug-likeness (QED) is 0.0806. The number of hydrogen-bond donors (Lipinski definition) is 5. The third kappa shape index (κ3) is 9.94. The van der Waals surface area contributed by atoms with E-state index in [4.69, 9.17) is 9.47 Å². The molecule has 6 rings (SSSR count). The molecule has 294 valence electrons. The predicted molar refractivity (Wildman–Crippen MR) is 214 cm³/mol. The van der Waals surface area contributed by atoms with Crippen molar-refractivity contribution in [1.82, 2.24) is 15.2 Å². The molecular formula is C44H56N4O7. The lowest BCUT2D eigenvalue weighted by atomic mass is 9.85. The second kappa shape index (κ2) is 18.8. The maximum atomic E-state index is 14.0. The highest BCUT2D eigenvalue weighted by molar-refractivity contribution is 6.35. The Morgan fingerprint density at radius 2 is 1.87 bits per heavy atom. The first-order chi connectivity index (χ1) is 26.6. The van der Waals surface area contributed by atoms with Crippen LogP contribution in [0.2, 0.25) is 0 Å². The summed E-state index contributed by atoms with van der Waals surface area (Å²) in [6, 6.07) is 15.2. The fraction of sp³-hybridized carbons (Fsp3) is 0.477. The normalized spacial score (nSPS) is 23.3. The number of aromatic nitrogens is 1. The number of esters is 1. The van der Waals surface area contributed by atoms with Crippen molar-refractivity contribution in [2.75, 3.05) is 31.5 Å². The standard InChI is InChI=1S/C44H56N4O7/c1-4-48(5-2)24-23-45-44(53)41-28(3)46-37-26-35-34-25-31(20-22-36(34)47-43(35)52)54-40(51)16-12-7-6-11-15-33-32(38(50)27-39(33)55-42(37)41)21-19-30(49)18-17-29-13-9-8-10-14-29/h6,8-11,13-14,20,22,25-26,30,32-33,38-39,46,49-50H,4-5,7,12,15-19,21,23-24,27H2,1-3H3,(H,45,53)(H,47,52)/b11-6-,35-26-/t30-,32-,33-,38-,39+/m1/s1. The first-order valence-corrected chi connectivity index (χ1v) is 20.0. The summed E-state index contributed by atoms with van der Waals surface area (Å²) in [6.07, 6.45) is 9.24. The third-order valence-corrected chi connectivity index (χ3v) is 11.3. The number of carbonyl (C=O) groups is 3. The molecule has 0 unspecified atom stereocenters. The number of fused-ring (bicyclic) bond motifs is 3. The van der Waals surface area contributed by atoms with Crippen molar-refractivity contribution >= 4 is 35.1 Å². The van der Waals surface area contributed by atoms with Crippen molar-refractivity contribution < 1.29 is 34.1 Å². The van der Waals surface area contributed by atoms with E-state index in [9.17, 15) is 24.6 Å². The van der Waals surface area contributed by atoms with E-state index in [1.807, 2.05) is 25.1 Å². The largest absolute Gasteiger partial charge is 0.487 e. The number of aliphatic hydroxyl groups excluding tert-OH is 2. The number of amides is 2. The predicted octanol–water partition coefficient (Wildman–Crippen LogP) is 6.44. The molecule has 1 aliphatic carbocycles. The first kappa shape index (κ1) is 40.0. The Morgan fingerprint density at radius 1 is 1.07 bits per heavy atom. The zero-order valence-corrected chi connectivity index (χ0v) is 32.3. The van der Waals surface area contributed by atoms with Gasteiger partial charge in [-0.25, -0.2) is 0 Å². The van der Waals surface area contributed by atoms with Crippen LogP contribution in [0.1, 0.15) is 98.1 Å². The van der Waals surface area contributed by atoms with Crippen LogP contribution in [0.5, 0.6) is 11.5 Å². The van der Waals surface area contributed by atoms with Crippen LogP contribution >= 0.6 is 0 Å². The van der Waals surface area contributed by atoms with Gasteiger partial charge >= 0.3 is 5.97 Å². The molecule has 5 atom stereocenters. The number of aromatic amines is 1. The smallest absolute Gasteiger partial charge is 0.311 e. The van der Waals surface area contributed by atoms with Gasteiger partial charge in [0.05, 0.1) is 23.5 Å². The monoisotopic (exact) mass is 752 g/mol. The van der Waals surface area contributed by atoms with Crippen molar-refractivity contribution in [3.63, 3.8) is 0 Å². The van der Waals surface area contributed by atoms with E-state index in [1.165, 1.54) is 5.56 Å². The number of ether oxygens (including phenoxy) is 2. The highest BCUT2D eigenvalue weighted by Crippen LogP contribution is 2.44. The number of carbonyl (C=O) groups excluding carboxylic acids is 3. The van der Waals surface area contributed by atoms with Gasteiger partial charge in [0.2, 0.25) is 0 Å². The van der Waals surface area contributed by atoms with E-state index in [-0.39, 0.29) is 36.0 Å². The molecule has 11 nitrogen and oxygen atoms in total. The second-order valence-corrected chi connectivity index (χ2v) is 15.0. The van der Waals surface area contributed by atoms with E-state index in [2.05, 4.69) is 58.6 Å². The minimum absolute atomic E-state index is 0.122. The van der Waals surface area contributed by atoms with Crippen LogP contribution in [0.25, 0.3) is 11.6 Å². The topological polar surface area (TPSA) is 153 Å². The third-order valence-electron chi connectivity index (χ3n) is 11.3. The number of rotatable bonds is 12. The number of nitrogens with zero attached hydrogens (tertiary/aromatic N) is 1. The highest BCUT2D eigenvalue weighted by Gasteiger charge is 2.44. The highest BCUT2D eigenvalue weighted by atomic mass is 16.5. The van der Waals surface area contributed by atoms with E-state index in [0.717, 1.165) is 19.5 Å². The van der Waals surface area contributed by atoms with Gasteiger partial charge < -0.3 is 40.2 Å². The molecule has 55 heavy (non-hydrogen) atoms. The zero-order chi connectivity index (χ0) is 38.9. The SMILES string of the molecule is CCN(CC)CCNC(=O)c1c(C)[nH]c2c1O[C@H]1C[C@@H](O)[C@H](CC[C@H](O)CCc3ccccc3)[C@H]1C/C=C\CCCC(=O)Oc1ccc3c(c1)/C(=C/2)C(=O)N3. The molecule has 5 N–H and O–H groups in total. The number of H-pyrrole nitrogens is 1. The molecular weight excluding hydrogens is 697 g/mol. The Labute approximate surface area is 324 Å². The molecule has 3 aromatic rings. The summed E-state index contributed by atoms with van der Waals surface area (Å²) in [5.41, 5.74) is 4.07. The lowest BCUT2D eigenvalue weighted by Gasteiger charge is -2.26. The van der Waals surface area contributed by atoms with Gasteiger partial charge in [0.15, 0.2) is 5.75 Å². The van der Waals surface area contributed by atoms with Gasteiger partial charge in [0.1, 0.15) is 17.4 Å². The average molecular weight is 753 g/mol. The average Bonchev–Trinajstić information content (AvgIpc) is 3.77. The number of allylic oxidation sites excluding steroid dienone is 2. The fourth-order valence-corrected chi connectivity index (χ4v) is 8.19. The molecule has 11 heteroatoms. The Balaban J connectivity index is 1.33. The Kier molecular flexibility index (Phi) is 13.6. The molecule has 1 aromatic heterocycles. The Hall–Kier alpha value is -4.71. The molecule has 2 bridgehead atoms. The Bertz CT molecular complexity index is 1860. The number of benzene rings is 2. The summed E-state index contributed by atoms with van der Waals surface area (Å²) in [4.78, 5) is 45.7. The van der Waals surface area contributed by atoms with Crippen LogP contribution < -0.4 is 20.1 Å². The number of anilines is 1. The van der Waals surface area contributed by atoms with Crippen LogP contribution in [0.15, 0.2) is 60.7 Å². The van der Waals surface area contributed by atoms with Gasteiger partial charge in [-0.1, -0.05) is 56.3 Å². The number of likely N-dealkylation sites (N-methyl/N-ethyl adjacent to an activating group) is 1. The van der Waals surface area contributed by atoms with Gasteiger partial charge in [-0.15, -0.1) is 0 Å².